The quantitative estimate of drug-likeness (QED) is 0.474. The van der Waals surface area contributed by atoms with Crippen LogP contribution in [0.15, 0.2) is 60.7 Å². The van der Waals surface area contributed by atoms with Crippen molar-refractivity contribution in [2.75, 3.05) is 5.32 Å². The smallest absolute Gasteiger partial charge is 0.255 e. The van der Waals surface area contributed by atoms with Crippen molar-refractivity contribution in [1.82, 2.24) is 4.57 Å². The zero-order chi connectivity index (χ0) is 18.3. The Labute approximate surface area is 157 Å². The summed E-state index contributed by atoms with van der Waals surface area (Å²) >= 11 is 6.14. The summed E-state index contributed by atoms with van der Waals surface area (Å²) in [5.41, 5.74) is 4.66. The first-order valence-electron chi connectivity index (χ1n) is 8.67. The number of nitrogens with one attached hydrogen (secondary N) is 1. The number of halogens is 1. The molecule has 130 valence electrons. The number of benzene rings is 3. The normalized spacial score (nSPS) is 11.2. The summed E-state index contributed by atoms with van der Waals surface area (Å²) in [5.74, 6) is -0.162. The molecule has 0 saturated heterocycles. The Morgan fingerprint density at radius 2 is 1.77 bits per heavy atom. The lowest BCUT2D eigenvalue weighted by atomic mass is 10.1. The minimum atomic E-state index is -0.162. The van der Waals surface area contributed by atoms with Gasteiger partial charge in [-0.15, -0.1) is 0 Å². The molecule has 3 aromatic carbocycles. The van der Waals surface area contributed by atoms with Gasteiger partial charge in [0.25, 0.3) is 5.91 Å². The molecular weight excluding hydrogens is 344 g/mol. The van der Waals surface area contributed by atoms with Gasteiger partial charge in [-0.2, -0.15) is 0 Å². The first-order valence-corrected chi connectivity index (χ1v) is 9.05. The van der Waals surface area contributed by atoms with Gasteiger partial charge in [0.2, 0.25) is 0 Å². The standard InChI is InChI=1S/C22H19ClN2O/c1-3-25-20-7-5-4-6-17(20)18-13-16(10-11-21(18)25)24-22(26)15-9-8-14(2)19(23)12-15/h4-13H,3H2,1-2H3,(H,24,26). The number of rotatable bonds is 3. The van der Waals surface area contributed by atoms with E-state index in [0.717, 1.165) is 23.2 Å². The van der Waals surface area contributed by atoms with Gasteiger partial charge in [-0.25, -0.2) is 0 Å². The fourth-order valence-corrected chi connectivity index (χ4v) is 3.59. The van der Waals surface area contributed by atoms with Gasteiger partial charge >= 0.3 is 0 Å². The van der Waals surface area contributed by atoms with E-state index in [0.29, 0.717) is 10.6 Å². The van der Waals surface area contributed by atoms with E-state index in [4.69, 9.17) is 11.6 Å². The van der Waals surface area contributed by atoms with Gasteiger partial charge < -0.3 is 9.88 Å². The molecule has 0 aliphatic rings. The van der Waals surface area contributed by atoms with Gasteiger partial charge in [0, 0.05) is 44.6 Å². The highest BCUT2D eigenvalue weighted by Crippen LogP contribution is 2.31. The van der Waals surface area contributed by atoms with Crippen molar-refractivity contribution >= 4 is 45.0 Å². The van der Waals surface area contributed by atoms with Gasteiger partial charge in [-0.1, -0.05) is 35.9 Å². The zero-order valence-corrected chi connectivity index (χ0v) is 15.5. The molecule has 0 atom stereocenters. The lowest BCUT2D eigenvalue weighted by Gasteiger charge is -2.08. The maximum absolute atomic E-state index is 12.6. The summed E-state index contributed by atoms with van der Waals surface area (Å²) < 4.78 is 2.29. The predicted molar refractivity (Wildman–Crippen MR) is 109 cm³/mol. The first-order chi connectivity index (χ1) is 12.6. The number of hydrogen-bond acceptors (Lipinski definition) is 1. The summed E-state index contributed by atoms with van der Waals surface area (Å²) in [5, 5.41) is 5.91. The molecule has 0 bridgehead atoms. The van der Waals surface area contributed by atoms with Crippen molar-refractivity contribution in [2.45, 2.75) is 20.4 Å². The van der Waals surface area contributed by atoms with Gasteiger partial charge in [0.1, 0.15) is 0 Å². The average molecular weight is 363 g/mol. The van der Waals surface area contributed by atoms with Crippen LogP contribution in [0.2, 0.25) is 5.02 Å². The molecule has 26 heavy (non-hydrogen) atoms. The van der Waals surface area contributed by atoms with E-state index >= 15 is 0 Å². The molecule has 0 aliphatic carbocycles. The third-order valence-electron chi connectivity index (χ3n) is 4.78. The highest BCUT2D eigenvalue weighted by molar-refractivity contribution is 6.31. The van der Waals surface area contributed by atoms with Crippen LogP contribution < -0.4 is 5.32 Å². The van der Waals surface area contributed by atoms with E-state index in [9.17, 15) is 4.79 Å². The van der Waals surface area contributed by atoms with Crippen LogP contribution in [0.1, 0.15) is 22.8 Å². The molecule has 1 aromatic heterocycles. The van der Waals surface area contributed by atoms with Gasteiger partial charge in [0.15, 0.2) is 0 Å². The summed E-state index contributed by atoms with van der Waals surface area (Å²) in [6, 6.07) is 19.7. The molecular formula is C22H19ClN2O. The van der Waals surface area contributed by atoms with Crippen LogP contribution in [-0.4, -0.2) is 10.5 Å². The number of para-hydroxylation sites is 1. The third kappa shape index (κ3) is 2.74. The number of hydrogen-bond donors (Lipinski definition) is 1. The number of amides is 1. The Hall–Kier alpha value is -2.78. The molecule has 0 unspecified atom stereocenters. The Kier molecular flexibility index (Phi) is 4.17. The van der Waals surface area contributed by atoms with Gasteiger partial charge in [0.05, 0.1) is 0 Å². The largest absolute Gasteiger partial charge is 0.341 e. The highest BCUT2D eigenvalue weighted by Gasteiger charge is 2.12. The minimum Gasteiger partial charge on any atom is -0.341 e. The number of carbonyl (C=O) groups is 1. The van der Waals surface area contributed by atoms with Crippen LogP contribution in [-0.2, 0) is 6.54 Å². The van der Waals surface area contributed by atoms with E-state index in [2.05, 4.69) is 41.1 Å². The second kappa shape index (κ2) is 6.50. The van der Waals surface area contributed by atoms with E-state index in [1.165, 1.54) is 16.4 Å². The molecule has 0 radical (unpaired) electrons. The molecule has 1 amide bonds. The molecule has 0 fully saturated rings. The van der Waals surface area contributed by atoms with Crippen molar-refractivity contribution in [3.8, 4) is 0 Å². The number of aryl methyl sites for hydroxylation is 2. The zero-order valence-electron chi connectivity index (χ0n) is 14.7. The molecule has 1 heterocycles. The van der Waals surface area contributed by atoms with Crippen molar-refractivity contribution in [3.05, 3.63) is 76.8 Å². The van der Waals surface area contributed by atoms with E-state index in [1.54, 1.807) is 12.1 Å². The number of nitrogens with zero attached hydrogens (tertiary/aromatic N) is 1. The molecule has 4 rings (SSSR count). The molecule has 0 aliphatic heterocycles. The summed E-state index contributed by atoms with van der Waals surface area (Å²) in [6.45, 7) is 4.96. The topological polar surface area (TPSA) is 34.0 Å². The molecule has 1 N–H and O–H groups in total. The molecule has 0 spiro atoms. The van der Waals surface area contributed by atoms with Crippen LogP contribution in [0.25, 0.3) is 21.8 Å². The monoisotopic (exact) mass is 362 g/mol. The third-order valence-corrected chi connectivity index (χ3v) is 5.19. The maximum Gasteiger partial charge on any atom is 0.255 e. The van der Waals surface area contributed by atoms with E-state index in [1.807, 2.05) is 31.2 Å². The fourth-order valence-electron chi connectivity index (χ4n) is 3.41. The maximum atomic E-state index is 12.6. The lowest BCUT2D eigenvalue weighted by Crippen LogP contribution is -2.11. The minimum absolute atomic E-state index is 0.162. The number of carbonyl (C=O) groups excluding carboxylic acids is 1. The molecule has 3 nitrogen and oxygen atoms in total. The lowest BCUT2D eigenvalue weighted by molar-refractivity contribution is 0.102. The summed E-state index contributed by atoms with van der Waals surface area (Å²) in [7, 11) is 0. The number of aromatic nitrogens is 1. The van der Waals surface area contributed by atoms with Crippen LogP contribution in [0.3, 0.4) is 0 Å². The summed E-state index contributed by atoms with van der Waals surface area (Å²) in [6.07, 6.45) is 0. The SMILES string of the molecule is CCn1c2ccccc2c2cc(NC(=O)c3ccc(C)c(Cl)c3)ccc21. The van der Waals surface area contributed by atoms with Crippen LogP contribution in [0.5, 0.6) is 0 Å². The Bertz CT molecular complexity index is 1140. The molecule has 0 saturated carbocycles. The number of fused-ring (bicyclic) bond motifs is 3. The number of anilines is 1. The van der Waals surface area contributed by atoms with Crippen LogP contribution >= 0.6 is 11.6 Å². The summed E-state index contributed by atoms with van der Waals surface area (Å²) in [4.78, 5) is 12.6. The second-order valence-electron chi connectivity index (χ2n) is 6.41. The second-order valence-corrected chi connectivity index (χ2v) is 6.82. The molecule has 4 heteroatoms. The Balaban J connectivity index is 1.74. The fraction of sp³-hybridized carbons (Fsp3) is 0.136. The predicted octanol–water partition coefficient (Wildman–Crippen LogP) is 6.03. The van der Waals surface area contributed by atoms with Crippen LogP contribution in [0.4, 0.5) is 5.69 Å². The van der Waals surface area contributed by atoms with E-state index < -0.39 is 0 Å². The van der Waals surface area contributed by atoms with Crippen molar-refractivity contribution in [3.63, 3.8) is 0 Å². The highest BCUT2D eigenvalue weighted by atomic mass is 35.5. The van der Waals surface area contributed by atoms with Crippen LogP contribution in [0, 0.1) is 6.92 Å². The average Bonchev–Trinajstić information content (AvgIpc) is 2.97. The van der Waals surface area contributed by atoms with Crippen molar-refractivity contribution in [2.24, 2.45) is 0 Å². The molecule has 4 aromatic rings. The first kappa shape index (κ1) is 16.7. The Morgan fingerprint density at radius 3 is 2.54 bits per heavy atom. The van der Waals surface area contributed by atoms with E-state index in [-0.39, 0.29) is 5.91 Å². The van der Waals surface area contributed by atoms with Crippen molar-refractivity contribution in [1.29, 1.82) is 0 Å². The Morgan fingerprint density at radius 1 is 1.00 bits per heavy atom. The van der Waals surface area contributed by atoms with Gasteiger partial charge in [-0.05, 0) is 55.8 Å². The van der Waals surface area contributed by atoms with Gasteiger partial charge in [-0.3, -0.25) is 4.79 Å². The van der Waals surface area contributed by atoms with Crippen molar-refractivity contribution < 1.29 is 4.79 Å².